The highest BCUT2D eigenvalue weighted by Gasteiger charge is 2.27. The van der Waals surface area contributed by atoms with Crippen LogP contribution in [0.4, 0.5) is 28.8 Å². The summed E-state index contributed by atoms with van der Waals surface area (Å²) < 4.78 is 5.84. The zero-order chi connectivity index (χ0) is 29.1. The van der Waals surface area contributed by atoms with Gasteiger partial charge in [0.15, 0.2) is 5.82 Å². The molecule has 8 nitrogen and oxygen atoms in total. The summed E-state index contributed by atoms with van der Waals surface area (Å²) in [5, 5.41) is 8.57. The van der Waals surface area contributed by atoms with Gasteiger partial charge in [-0.05, 0) is 76.1 Å². The fourth-order valence-corrected chi connectivity index (χ4v) is 7.04. The standard InChI is InChI=1S/C31H43ClN7OP/c1-21-7-8-25(29(17-21)41(5)6)34-30-24(32)20-33-31(36-30)35-26-18-22(2)27(19-28(26)40-4)39-11-9-23(10-12-39)38-15-13-37(3)14-16-38/h7-8,17-20,23H,9-16H2,1-6H3,(H2,33,34,35,36). The van der Waals surface area contributed by atoms with E-state index in [1.807, 2.05) is 0 Å². The lowest BCUT2D eigenvalue weighted by Gasteiger charge is -2.43. The Bertz CT molecular complexity index is 1350. The number of halogens is 1. The van der Waals surface area contributed by atoms with E-state index in [4.69, 9.17) is 21.3 Å². The number of anilines is 5. The van der Waals surface area contributed by atoms with Crippen molar-refractivity contribution in [2.75, 3.05) is 82.3 Å². The Labute approximate surface area is 251 Å². The summed E-state index contributed by atoms with van der Waals surface area (Å²) in [5.41, 5.74) is 5.51. The highest BCUT2D eigenvalue weighted by atomic mass is 35.5. The number of rotatable bonds is 8. The van der Waals surface area contributed by atoms with Crippen molar-refractivity contribution in [2.45, 2.75) is 32.7 Å². The molecule has 2 aliphatic heterocycles. The van der Waals surface area contributed by atoms with Crippen molar-refractivity contribution in [1.82, 2.24) is 19.8 Å². The average Bonchev–Trinajstić information content (AvgIpc) is 2.96. The van der Waals surface area contributed by atoms with Crippen LogP contribution < -0.4 is 25.6 Å². The number of aryl methyl sites for hydroxylation is 2. The number of hydrogen-bond acceptors (Lipinski definition) is 8. The number of likely N-dealkylation sites (N-methyl/N-ethyl adjacent to an activating group) is 1. The molecule has 220 valence electrons. The first-order valence-electron chi connectivity index (χ1n) is 14.4. The molecule has 0 amide bonds. The number of benzene rings is 2. The summed E-state index contributed by atoms with van der Waals surface area (Å²) in [7, 11) is 3.63. The zero-order valence-electron chi connectivity index (χ0n) is 25.2. The van der Waals surface area contributed by atoms with E-state index in [-0.39, 0.29) is 7.92 Å². The van der Waals surface area contributed by atoms with Gasteiger partial charge in [0.1, 0.15) is 10.8 Å². The van der Waals surface area contributed by atoms with Crippen molar-refractivity contribution in [1.29, 1.82) is 0 Å². The lowest BCUT2D eigenvalue weighted by molar-refractivity contribution is 0.0982. The molecule has 0 aliphatic carbocycles. The van der Waals surface area contributed by atoms with Crippen LogP contribution in [0.1, 0.15) is 24.0 Å². The molecule has 10 heteroatoms. The minimum Gasteiger partial charge on any atom is -0.494 e. The predicted octanol–water partition coefficient (Wildman–Crippen LogP) is 5.83. The van der Waals surface area contributed by atoms with E-state index < -0.39 is 0 Å². The topological polar surface area (TPSA) is 68.8 Å². The molecule has 2 aromatic carbocycles. The molecule has 41 heavy (non-hydrogen) atoms. The Hall–Kier alpha value is -2.64. The summed E-state index contributed by atoms with van der Waals surface area (Å²) in [6, 6.07) is 11.4. The van der Waals surface area contributed by atoms with Crippen LogP contribution in [0.3, 0.4) is 0 Å². The summed E-state index contributed by atoms with van der Waals surface area (Å²) in [4.78, 5) is 16.8. The first kappa shape index (κ1) is 29.8. The van der Waals surface area contributed by atoms with E-state index in [2.05, 4.69) is 94.9 Å². The monoisotopic (exact) mass is 595 g/mol. The average molecular weight is 596 g/mol. The summed E-state index contributed by atoms with van der Waals surface area (Å²) in [6.45, 7) is 15.6. The van der Waals surface area contributed by atoms with Gasteiger partial charge < -0.3 is 25.2 Å². The minimum atomic E-state index is -0.302. The molecule has 0 bridgehead atoms. The second kappa shape index (κ2) is 13.1. The molecule has 2 aliphatic rings. The van der Waals surface area contributed by atoms with Crippen molar-refractivity contribution in [3.63, 3.8) is 0 Å². The molecule has 2 fully saturated rings. The molecule has 3 heterocycles. The molecular weight excluding hydrogens is 553 g/mol. The number of hydrogen-bond donors (Lipinski definition) is 2. The summed E-state index contributed by atoms with van der Waals surface area (Å²) in [6.07, 6.45) is 4.02. The smallest absolute Gasteiger partial charge is 0.229 e. The number of methoxy groups -OCH3 is 1. The van der Waals surface area contributed by atoms with Crippen molar-refractivity contribution in [3.8, 4) is 5.75 Å². The molecular formula is C31H43ClN7OP. The summed E-state index contributed by atoms with van der Waals surface area (Å²) >= 11 is 6.52. The van der Waals surface area contributed by atoms with Crippen LogP contribution >= 0.6 is 19.5 Å². The van der Waals surface area contributed by atoms with Crippen molar-refractivity contribution < 1.29 is 4.74 Å². The van der Waals surface area contributed by atoms with Crippen LogP contribution in [-0.4, -0.2) is 92.6 Å². The van der Waals surface area contributed by atoms with Gasteiger partial charge in [-0.2, -0.15) is 4.98 Å². The van der Waals surface area contributed by atoms with Gasteiger partial charge in [-0.25, -0.2) is 4.98 Å². The minimum absolute atomic E-state index is 0.302. The molecule has 0 radical (unpaired) electrons. The van der Waals surface area contributed by atoms with E-state index in [0.717, 1.165) is 30.2 Å². The molecule has 2 N–H and O–H groups in total. The van der Waals surface area contributed by atoms with E-state index in [9.17, 15) is 0 Å². The predicted molar refractivity (Wildman–Crippen MR) is 175 cm³/mol. The summed E-state index contributed by atoms with van der Waals surface area (Å²) in [5.74, 6) is 1.80. The highest BCUT2D eigenvalue weighted by molar-refractivity contribution is 7.64. The largest absolute Gasteiger partial charge is 0.494 e. The molecule has 0 unspecified atom stereocenters. The van der Waals surface area contributed by atoms with Crippen LogP contribution in [0, 0.1) is 13.8 Å². The molecule has 0 spiro atoms. The molecule has 5 rings (SSSR count). The van der Waals surface area contributed by atoms with E-state index in [1.54, 1.807) is 13.3 Å². The molecule has 0 saturated carbocycles. The Kier molecular flexibility index (Phi) is 9.55. The first-order valence-corrected chi connectivity index (χ1v) is 17.0. The van der Waals surface area contributed by atoms with Crippen LogP contribution in [0.5, 0.6) is 5.75 Å². The molecule has 1 aromatic heterocycles. The lowest BCUT2D eigenvalue weighted by atomic mass is 10.0. The Morgan fingerprint density at radius 1 is 0.951 bits per heavy atom. The SMILES string of the molecule is COc1cc(N2CCC(N3CCN(C)CC3)CC2)c(C)cc1Nc1ncc(Cl)c(Nc2ccc(C)cc2P(C)C)n1. The Morgan fingerprint density at radius 3 is 2.37 bits per heavy atom. The molecule has 3 aromatic rings. The third-order valence-electron chi connectivity index (χ3n) is 8.26. The van der Waals surface area contributed by atoms with E-state index >= 15 is 0 Å². The second-order valence-electron chi connectivity index (χ2n) is 11.5. The van der Waals surface area contributed by atoms with Gasteiger partial charge in [-0.1, -0.05) is 31.2 Å². The van der Waals surface area contributed by atoms with Crippen molar-refractivity contribution in [2.24, 2.45) is 0 Å². The van der Waals surface area contributed by atoms with Gasteiger partial charge in [0.05, 0.1) is 19.0 Å². The molecule has 0 atom stereocenters. The zero-order valence-corrected chi connectivity index (χ0v) is 26.8. The maximum atomic E-state index is 6.52. The normalized spacial score (nSPS) is 17.2. The lowest BCUT2D eigenvalue weighted by Crippen LogP contribution is -2.52. The van der Waals surface area contributed by atoms with Gasteiger partial charge in [0, 0.05) is 62.8 Å². The van der Waals surface area contributed by atoms with Gasteiger partial charge in [-0.3, -0.25) is 4.90 Å². The van der Waals surface area contributed by atoms with Crippen LogP contribution in [0.2, 0.25) is 5.02 Å². The van der Waals surface area contributed by atoms with Crippen LogP contribution in [-0.2, 0) is 0 Å². The van der Waals surface area contributed by atoms with E-state index in [1.165, 1.54) is 61.1 Å². The highest BCUT2D eigenvalue weighted by Crippen LogP contribution is 2.37. The van der Waals surface area contributed by atoms with Gasteiger partial charge in [0.25, 0.3) is 0 Å². The van der Waals surface area contributed by atoms with Crippen LogP contribution in [0.15, 0.2) is 36.5 Å². The van der Waals surface area contributed by atoms with Gasteiger partial charge in [0.2, 0.25) is 5.95 Å². The fourth-order valence-electron chi connectivity index (χ4n) is 5.82. The van der Waals surface area contributed by atoms with Gasteiger partial charge in [-0.15, -0.1) is 0 Å². The Balaban J connectivity index is 1.30. The number of aromatic nitrogens is 2. The number of piperidine rings is 1. The van der Waals surface area contributed by atoms with Gasteiger partial charge >= 0.3 is 0 Å². The Morgan fingerprint density at radius 2 is 1.68 bits per heavy atom. The van der Waals surface area contributed by atoms with E-state index in [0.29, 0.717) is 22.8 Å². The first-order chi connectivity index (χ1) is 19.7. The van der Waals surface area contributed by atoms with Crippen molar-refractivity contribution in [3.05, 3.63) is 52.7 Å². The van der Waals surface area contributed by atoms with Crippen LogP contribution in [0.25, 0.3) is 0 Å². The fraction of sp³-hybridized carbons (Fsp3) is 0.484. The third-order valence-corrected chi connectivity index (χ3v) is 9.87. The quantitative estimate of drug-likeness (QED) is 0.316. The maximum absolute atomic E-state index is 6.52. The second-order valence-corrected chi connectivity index (χ2v) is 14.1. The van der Waals surface area contributed by atoms with Crippen molar-refractivity contribution >= 4 is 53.7 Å². The molecule has 2 saturated heterocycles. The maximum Gasteiger partial charge on any atom is 0.229 e. The number of nitrogens with one attached hydrogen (secondary N) is 2. The number of nitrogens with zero attached hydrogens (tertiary/aromatic N) is 5. The number of ether oxygens (including phenoxy) is 1. The third kappa shape index (κ3) is 7.06. The number of piperazine rings is 1.